The van der Waals surface area contributed by atoms with Crippen molar-refractivity contribution in [3.05, 3.63) is 33.1 Å². The van der Waals surface area contributed by atoms with Crippen LogP contribution in [0, 0.1) is 0 Å². The minimum absolute atomic E-state index is 0.0451. The van der Waals surface area contributed by atoms with E-state index in [1.165, 1.54) is 0 Å². The van der Waals surface area contributed by atoms with E-state index >= 15 is 0 Å². The quantitative estimate of drug-likeness (QED) is 0.845. The Morgan fingerprint density at radius 1 is 1.36 bits per heavy atom. The normalized spacial score (nSPS) is 17.7. The summed E-state index contributed by atoms with van der Waals surface area (Å²) in [5.74, 6) is 0. The van der Waals surface area contributed by atoms with Gasteiger partial charge >= 0.3 is 0 Å². The minimum Gasteiger partial charge on any atom is -0.326 e. The molecule has 0 bridgehead atoms. The number of halogens is 1. The molecule has 1 aromatic rings. The molecule has 2 N–H and O–H groups in total. The lowest BCUT2D eigenvalue weighted by molar-refractivity contribution is 0.602. The van der Waals surface area contributed by atoms with Crippen LogP contribution in [0.2, 0.25) is 0 Å². The van der Waals surface area contributed by atoms with E-state index in [0.29, 0.717) is 10.5 Å². The predicted molar refractivity (Wildman–Crippen MR) is 58.4 cm³/mol. The molecule has 1 heterocycles. The van der Waals surface area contributed by atoms with Crippen LogP contribution in [-0.4, -0.2) is 15.0 Å². The Morgan fingerprint density at radius 2 is 2.07 bits per heavy atom. The highest BCUT2D eigenvalue weighted by atomic mass is 79.9. The van der Waals surface area contributed by atoms with Crippen molar-refractivity contribution in [1.82, 2.24) is 0 Å². The Hall–Kier alpha value is -0.650. The first kappa shape index (κ1) is 9.89. The summed E-state index contributed by atoms with van der Waals surface area (Å²) in [5, 5.41) is 0. The molecule has 0 radical (unpaired) electrons. The monoisotopic (exact) mass is 273 g/mol. The lowest BCUT2D eigenvalue weighted by Crippen LogP contribution is -2.10. The number of rotatable bonds is 1. The van der Waals surface area contributed by atoms with Gasteiger partial charge in [0.25, 0.3) is 0 Å². The van der Waals surface area contributed by atoms with Crippen LogP contribution in [0.5, 0.6) is 0 Å². The van der Waals surface area contributed by atoms with Crippen LogP contribution >= 0.6 is 15.9 Å². The fraction of sp³-hybridized carbons (Fsp3) is 0.111. The van der Waals surface area contributed by atoms with Crippen LogP contribution < -0.4 is 5.73 Å². The highest BCUT2D eigenvalue weighted by Gasteiger charge is 2.29. The number of fused-ring (bicyclic) bond motifs is 1. The van der Waals surface area contributed by atoms with Crippen LogP contribution in [0.4, 0.5) is 0 Å². The van der Waals surface area contributed by atoms with E-state index in [9.17, 15) is 8.42 Å². The summed E-state index contributed by atoms with van der Waals surface area (Å²) in [6.07, 6.45) is 1.62. The fourth-order valence-corrected chi connectivity index (χ4v) is 3.54. The van der Waals surface area contributed by atoms with Gasteiger partial charge in [0.15, 0.2) is 0 Å². The van der Waals surface area contributed by atoms with E-state index in [1.54, 1.807) is 18.2 Å². The first-order valence-electron chi connectivity index (χ1n) is 4.01. The Kier molecular flexibility index (Phi) is 2.25. The molecule has 0 unspecified atom stereocenters. The average molecular weight is 274 g/mol. The lowest BCUT2D eigenvalue weighted by Gasteiger charge is -2.01. The third-order valence-corrected chi connectivity index (χ3v) is 4.76. The number of nitrogens with two attached hydrogens (primary N) is 1. The average Bonchev–Trinajstić information content (AvgIpc) is 2.40. The van der Waals surface area contributed by atoms with Crippen LogP contribution in [0.1, 0.15) is 5.56 Å². The standard InChI is InChI=1S/C9H8BrNO2S/c10-8-2-1-3-9-7(8)4-6(5-11)14(9,12)13/h1-4H,5,11H2. The summed E-state index contributed by atoms with van der Waals surface area (Å²) >= 11 is 3.31. The zero-order valence-corrected chi connectivity index (χ0v) is 9.60. The maximum atomic E-state index is 11.8. The van der Waals surface area contributed by atoms with Crippen molar-refractivity contribution in [1.29, 1.82) is 0 Å². The summed E-state index contributed by atoms with van der Waals surface area (Å²) in [7, 11) is -3.31. The third kappa shape index (κ3) is 1.24. The zero-order chi connectivity index (χ0) is 10.3. The van der Waals surface area contributed by atoms with E-state index in [2.05, 4.69) is 15.9 Å². The molecule has 0 saturated heterocycles. The van der Waals surface area contributed by atoms with E-state index in [-0.39, 0.29) is 11.4 Å². The van der Waals surface area contributed by atoms with Gasteiger partial charge in [-0.3, -0.25) is 0 Å². The molecule has 0 spiro atoms. The molecule has 14 heavy (non-hydrogen) atoms. The van der Waals surface area contributed by atoms with Crippen molar-refractivity contribution in [3.8, 4) is 0 Å². The molecule has 0 atom stereocenters. The van der Waals surface area contributed by atoms with Gasteiger partial charge < -0.3 is 5.73 Å². The number of sulfone groups is 1. The van der Waals surface area contributed by atoms with Crippen LogP contribution in [0.25, 0.3) is 6.08 Å². The van der Waals surface area contributed by atoms with Gasteiger partial charge in [0, 0.05) is 16.6 Å². The summed E-state index contributed by atoms with van der Waals surface area (Å²) in [5.41, 5.74) is 6.08. The SMILES string of the molecule is NCC1=Cc2c(Br)cccc2S1(=O)=O. The second-order valence-electron chi connectivity index (χ2n) is 2.97. The van der Waals surface area contributed by atoms with Gasteiger partial charge in [0.1, 0.15) is 0 Å². The second kappa shape index (κ2) is 3.18. The van der Waals surface area contributed by atoms with Gasteiger partial charge in [-0.15, -0.1) is 0 Å². The van der Waals surface area contributed by atoms with Crippen LogP contribution in [0.3, 0.4) is 0 Å². The first-order chi connectivity index (χ1) is 6.57. The van der Waals surface area contributed by atoms with Crippen molar-refractivity contribution in [3.63, 3.8) is 0 Å². The lowest BCUT2D eigenvalue weighted by atomic mass is 10.2. The highest BCUT2D eigenvalue weighted by molar-refractivity contribution is 9.10. The number of hydrogen-bond donors (Lipinski definition) is 1. The molecule has 1 aliphatic heterocycles. The van der Waals surface area contributed by atoms with Crippen molar-refractivity contribution in [2.24, 2.45) is 5.73 Å². The predicted octanol–water partition coefficient (Wildman–Crippen LogP) is 1.54. The third-order valence-electron chi connectivity index (χ3n) is 2.15. The molecule has 0 fully saturated rings. The van der Waals surface area contributed by atoms with Crippen molar-refractivity contribution in [2.75, 3.05) is 6.54 Å². The zero-order valence-electron chi connectivity index (χ0n) is 7.20. The number of benzene rings is 1. The van der Waals surface area contributed by atoms with E-state index in [1.807, 2.05) is 6.07 Å². The molecule has 1 aromatic carbocycles. The van der Waals surface area contributed by atoms with Gasteiger partial charge in [-0.1, -0.05) is 22.0 Å². The molecule has 2 rings (SSSR count). The van der Waals surface area contributed by atoms with Gasteiger partial charge in [0.2, 0.25) is 9.84 Å². The summed E-state index contributed by atoms with van der Waals surface area (Å²) < 4.78 is 24.4. The van der Waals surface area contributed by atoms with Crippen molar-refractivity contribution in [2.45, 2.75) is 4.90 Å². The van der Waals surface area contributed by atoms with Crippen molar-refractivity contribution >= 4 is 31.8 Å². The smallest absolute Gasteiger partial charge is 0.204 e. The molecular formula is C9H8BrNO2S. The maximum absolute atomic E-state index is 11.8. The number of hydrogen-bond acceptors (Lipinski definition) is 3. The summed E-state index contributed by atoms with van der Waals surface area (Å²) in [4.78, 5) is 0.617. The Labute approximate surface area is 90.7 Å². The van der Waals surface area contributed by atoms with Crippen LogP contribution in [-0.2, 0) is 9.84 Å². The Balaban J connectivity index is 2.78. The topological polar surface area (TPSA) is 60.2 Å². The van der Waals surface area contributed by atoms with Gasteiger partial charge in [-0.2, -0.15) is 0 Å². The molecule has 74 valence electrons. The second-order valence-corrected chi connectivity index (χ2v) is 5.80. The highest BCUT2D eigenvalue weighted by Crippen LogP contribution is 2.36. The molecular weight excluding hydrogens is 266 g/mol. The minimum atomic E-state index is -3.31. The van der Waals surface area contributed by atoms with Crippen LogP contribution in [0.15, 0.2) is 32.5 Å². The van der Waals surface area contributed by atoms with Gasteiger partial charge in [-0.25, -0.2) is 8.42 Å². The fourth-order valence-electron chi connectivity index (χ4n) is 1.44. The molecule has 0 saturated carbocycles. The largest absolute Gasteiger partial charge is 0.326 e. The Bertz CT molecular complexity index is 520. The maximum Gasteiger partial charge on any atom is 0.204 e. The molecule has 3 nitrogen and oxygen atoms in total. The first-order valence-corrected chi connectivity index (χ1v) is 6.29. The van der Waals surface area contributed by atoms with Crippen molar-refractivity contribution < 1.29 is 8.42 Å². The summed E-state index contributed by atoms with van der Waals surface area (Å²) in [6, 6.07) is 5.10. The summed E-state index contributed by atoms with van der Waals surface area (Å²) in [6.45, 7) is 0.0451. The van der Waals surface area contributed by atoms with Gasteiger partial charge in [0.05, 0.1) is 9.80 Å². The molecule has 1 aliphatic rings. The molecule has 0 aliphatic carbocycles. The molecule has 0 aromatic heterocycles. The Morgan fingerprint density at radius 3 is 2.64 bits per heavy atom. The van der Waals surface area contributed by atoms with E-state index in [4.69, 9.17) is 5.73 Å². The van der Waals surface area contributed by atoms with E-state index < -0.39 is 9.84 Å². The van der Waals surface area contributed by atoms with E-state index in [0.717, 1.165) is 4.47 Å². The van der Waals surface area contributed by atoms with Gasteiger partial charge in [-0.05, 0) is 18.2 Å². The molecule has 0 amide bonds. The molecule has 5 heteroatoms.